The number of hydrogen-bond donors (Lipinski definition) is 1. The Labute approximate surface area is 163 Å². The molecule has 0 saturated heterocycles. The summed E-state index contributed by atoms with van der Waals surface area (Å²) < 4.78 is 17.8. The van der Waals surface area contributed by atoms with E-state index >= 15 is 0 Å². The number of carbonyl (C=O) groups is 2. The van der Waals surface area contributed by atoms with E-state index in [1.54, 1.807) is 19.1 Å². The fourth-order valence-corrected chi connectivity index (χ4v) is 3.50. The monoisotopic (exact) mass is 404 g/mol. The fraction of sp³-hybridized carbons (Fsp3) is 0.105. The Hall–Kier alpha value is -2.77. The molecule has 3 rings (SSSR count). The van der Waals surface area contributed by atoms with Crippen LogP contribution in [-0.4, -0.2) is 24.0 Å². The molecule has 5 nitrogen and oxygen atoms in total. The summed E-state index contributed by atoms with van der Waals surface area (Å²) in [5, 5.41) is 3.58. The van der Waals surface area contributed by atoms with Crippen molar-refractivity contribution in [3.8, 4) is 10.6 Å². The second-order valence-corrected chi connectivity index (χ2v) is 6.99. The van der Waals surface area contributed by atoms with E-state index in [2.05, 4.69) is 15.0 Å². The second-order valence-electron chi connectivity index (χ2n) is 5.58. The zero-order chi connectivity index (χ0) is 19.6. The number of benzene rings is 2. The molecule has 1 amide bonds. The van der Waals surface area contributed by atoms with Crippen molar-refractivity contribution < 1.29 is 18.7 Å². The van der Waals surface area contributed by atoms with E-state index in [1.165, 1.54) is 48.8 Å². The van der Waals surface area contributed by atoms with Crippen molar-refractivity contribution >= 4 is 40.5 Å². The highest BCUT2D eigenvalue weighted by Gasteiger charge is 2.18. The second kappa shape index (κ2) is 7.85. The number of aryl methyl sites for hydroxylation is 1. The van der Waals surface area contributed by atoms with Gasteiger partial charge < -0.3 is 10.1 Å². The first-order chi connectivity index (χ1) is 12.9. The topological polar surface area (TPSA) is 68.3 Å². The van der Waals surface area contributed by atoms with Crippen molar-refractivity contribution in [2.75, 3.05) is 12.4 Å². The van der Waals surface area contributed by atoms with Gasteiger partial charge in [-0.25, -0.2) is 14.2 Å². The van der Waals surface area contributed by atoms with Crippen molar-refractivity contribution in [2.24, 2.45) is 0 Å². The summed E-state index contributed by atoms with van der Waals surface area (Å²) >= 11 is 7.30. The zero-order valence-electron chi connectivity index (χ0n) is 14.4. The molecule has 0 saturated carbocycles. The molecular formula is C19H14ClFN2O3S. The highest BCUT2D eigenvalue weighted by molar-refractivity contribution is 7.17. The van der Waals surface area contributed by atoms with Gasteiger partial charge in [0.1, 0.15) is 15.7 Å². The number of aromatic nitrogens is 1. The van der Waals surface area contributed by atoms with Crippen LogP contribution in [0, 0.1) is 12.7 Å². The number of nitrogens with one attached hydrogen (secondary N) is 1. The molecule has 0 fully saturated rings. The number of anilines is 1. The maximum absolute atomic E-state index is 13.1. The number of hydrogen-bond acceptors (Lipinski definition) is 5. The summed E-state index contributed by atoms with van der Waals surface area (Å²) in [6.45, 7) is 1.71. The van der Waals surface area contributed by atoms with Gasteiger partial charge in [0, 0.05) is 5.56 Å². The van der Waals surface area contributed by atoms with E-state index in [4.69, 9.17) is 11.6 Å². The first kappa shape index (κ1) is 19.0. The summed E-state index contributed by atoms with van der Waals surface area (Å²) in [6, 6.07) is 10.3. The van der Waals surface area contributed by atoms with E-state index in [0.29, 0.717) is 26.8 Å². The van der Waals surface area contributed by atoms with Gasteiger partial charge in [0.15, 0.2) is 0 Å². The Bertz CT molecular complexity index is 1020. The molecule has 0 unspecified atom stereocenters. The molecule has 138 valence electrons. The summed E-state index contributed by atoms with van der Waals surface area (Å²) in [7, 11) is 1.27. The van der Waals surface area contributed by atoms with Crippen LogP contribution in [0.1, 0.15) is 25.7 Å². The number of carbonyl (C=O) groups excluding carboxylic acids is 2. The van der Waals surface area contributed by atoms with Crippen LogP contribution in [-0.2, 0) is 4.74 Å². The average Bonchev–Trinajstić information content (AvgIpc) is 3.05. The van der Waals surface area contributed by atoms with Crippen molar-refractivity contribution in [3.05, 3.63) is 69.4 Å². The van der Waals surface area contributed by atoms with Gasteiger partial charge in [-0.1, -0.05) is 11.6 Å². The van der Waals surface area contributed by atoms with Crippen molar-refractivity contribution in [1.82, 2.24) is 4.98 Å². The highest BCUT2D eigenvalue weighted by atomic mass is 35.5. The quantitative estimate of drug-likeness (QED) is 0.625. The van der Waals surface area contributed by atoms with Crippen LogP contribution in [0.15, 0.2) is 42.5 Å². The third kappa shape index (κ3) is 4.15. The van der Waals surface area contributed by atoms with Crippen molar-refractivity contribution in [3.63, 3.8) is 0 Å². The molecule has 0 bridgehead atoms. The number of thiazole rings is 1. The van der Waals surface area contributed by atoms with Crippen LogP contribution in [0.5, 0.6) is 0 Å². The Balaban J connectivity index is 1.87. The summed E-state index contributed by atoms with van der Waals surface area (Å²) in [6.07, 6.45) is 0. The smallest absolute Gasteiger partial charge is 0.337 e. The molecule has 0 spiro atoms. The van der Waals surface area contributed by atoms with Crippen LogP contribution in [0.3, 0.4) is 0 Å². The lowest BCUT2D eigenvalue weighted by Crippen LogP contribution is -2.13. The number of esters is 1. The maximum atomic E-state index is 13.1. The lowest BCUT2D eigenvalue weighted by molar-refractivity contribution is 0.0600. The summed E-state index contributed by atoms with van der Waals surface area (Å²) in [5.74, 6) is -1.28. The van der Waals surface area contributed by atoms with Crippen molar-refractivity contribution in [1.29, 1.82) is 0 Å². The molecule has 0 radical (unpaired) electrons. The molecule has 1 heterocycles. The van der Waals surface area contributed by atoms with E-state index < -0.39 is 11.9 Å². The number of methoxy groups -OCH3 is 1. The number of rotatable bonds is 4. The Morgan fingerprint density at radius 1 is 1.19 bits per heavy atom. The van der Waals surface area contributed by atoms with E-state index in [1.807, 2.05) is 0 Å². The molecule has 1 aromatic heterocycles. The molecule has 1 N–H and O–H groups in total. The van der Waals surface area contributed by atoms with E-state index in [-0.39, 0.29) is 16.4 Å². The number of halogens is 2. The number of ether oxygens (including phenoxy) is 1. The number of amides is 1. The van der Waals surface area contributed by atoms with Crippen LogP contribution < -0.4 is 5.32 Å². The largest absolute Gasteiger partial charge is 0.465 e. The molecule has 8 heteroatoms. The SMILES string of the molecule is COC(=O)c1ccc(Cl)c(NC(=O)c2sc(-c3ccc(F)cc3)nc2C)c1. The normalized spacial score (nSPS) is 10.5. The predicted octanol–water partition coefficient (Wildman–Crippen LogP) is 4.95. The predicted molar refractivity (Wildman–Crippen MR) is 103 cm³/mol. The standard InChI is InChI=1S/C19H14ClFN2O3S/c1-10-16(27-18(22-10)11-3-6-13(21)7-4-11)17(24)23-15-9-12(19(25)26-2)5-8-14(15)20/h3-9H,1-2H3,(H,23,24). The Morgan fingerprint density at radius 2 is 1.89 bits per heavy atom. The molecular weight excluding hydrogens is 391 g/mol. The van der Waals surface area contributed by atoms with Gasteiger partial charge in [0.2, 0.25) is 0 Å². The molecule has 2 aromatic carbocycles. The molecule has 27 heavy (non-hydrogen) atoms. The molecule has 0 atom stereocenters. The zero-order valence-corrected chi connectivity index (χ0v) is 16.0. The highest BCUT2D eigenvalue weighted by Crippen LogP contribution is 2.30. The number of nitrogens with zero attached hydrogens (tertiary/aromatic N) is 1. The Kier molecular flexibility index (Phi) is 5.53. The minimum absolute atomic E-state index is 0.269. The average molecular weight is 405 g/mol. The minimum atomic E-state index is -0.533. The first-order valence-electron chi connectivity index (χ1n) is 7.81. The van der Waals surface area contributed by atoms with Gasteiger partial charge in [0.25, 0.3) is 5.91 Å². The lowest BCUT2D eigenvalue weighted by Gasteiger charge is -2.08. The van der Waals surface area contributed by atoms with Gasteiger partial charge in [-0.05, 0) is 49.4 Å². The van der Waals surface area contributed by atoms with Crippen LogP contribution in [0.25, 0.3) is 10.6 Å². The third-order valence-electron chi connectivity index (χ3n) is 3.73. The van der Waals surface area contributed by atoms with Crippen LogP contribution in [0.2, 0.25) is 5.02 Å². The molecule has 0 aliphatic heterocycles. The minimum Gasteiger partial charge on any atom is -0.465 e. The van der Waals surface area contributed by atoms with Crippen LogP contribution >= 0.6 is 22.9 Å². The summed E-state index contributed by atoms with van der Waals surface area (Å²) in [4.78, 5) is 29.1. The summed E-state index contributed by atoms with van der Waals surface area (Å²) in [5.41, 5.74) is 1.82. The van der Waals surface area contributed by atoms with Gasteiger partial charge in [0.05, 0.1) is 29.1 Å². The first-order valence-corrected chi connectivity index (χ1v) is 9.01. The van der Waals surface area contributed by atoms with Crippen molar-refractivity contribution in [2.45, 2.75) is 6.92 Å². The van der Waals surface area contributed by atoms with Gasteiger partial charge in [-0.2, -0.15) is 0 Å². The van der Waals surface area contributed by atoms with Gasteiger partial charge in [-0.15, -0.1) is 11.3 Å². The fourth-order valence-electron chi connectivity index (χ4n) is 2.37. The maximum Gasteiger partial charge on any atom is 0.337 e. The molecule has 0 aliphatic rings. The van der Waals surface area contributed by atoms with E-state index in [9.17, 15) is 14.0 Å². The van der Waals surface area contributed by atoms with E-state index in [0.717, 1.165) is 0 Å². The van der Waals surface area contributed by atoms with Gasteiger partial charge in [-0.3, -0.25) is 4.79 Å². The van der Waals surface area contributed by atoms with Crippen LogP contribution in [0.4, 0.5) is 10.1 Å². The Morgan fingerprint density at radius 3 is 2.56 bits per heavy atom. The van der Waals surface area contributed by atoms with Gasteiger partial charge >= 0.3 is 5.97 Å². The molecule has 3 aromatic rings. The lowest BCUT2D eigenvalue weighted by atomic mass is 10.2. The third-order valence-corrected chi connectivity index (χ3v) is 5.26. The molecule has 0 aliphatic carbocycles.